The number of benzene rings is 1. The quantitative estimate of drug-likeness (QED) is 0.861. The van der Waals surface area contributed by atoms with Crippen LogP contribution >= 0.6 is 11.6 Å². The molecule has 0 amide bonds. The first-order valence-corrected chi connectivity index (χ1v) is 6.07. The number of nitrogens with zero attached hydrogens (tertiary/aromatic N) is 3. The lowest BCUT2D eigenvalue weighted by molar-refractivity contribution is 1.06. The van der Waals surface area contributed by atoms with Crippen molar-refractivity contribution in [2.45, 2.75) is 13.0 Å². The molecule has 0 spiro atoms. The van der Waals surface area contributed by atoms with Gasteiger partial charge in [0.15, 0.2) is 5.82 Å². The first kappa shape index (κ1) is 11.2. The Morgan fingerprint density at radius 2 is 2.00 bits per heavy atom. The van der Waals surface area contributed by atoms with Crippen LogP contribution in [-0.2, 0) is 13.0 Å². The second kappa shape index (κ2) is 4.74. The molecule has 0 fully saturated rings. The molecule has 0 saturated carbocycles. The van der Waals surface area contributed by atoms with Crippen LogP contribution in [-0.4, -0.2) is 16.2 Å². The monoisotopic (exact) mass is 258 g/mol. The Hall–Kier alpha value is -1.94. The molecule has 2 aromatic rings. The van der Waals surface area contributed by atoms with Crippen molar-refractivity contribution in [3.8, 4) is 0 Å². The first-order chi connectivity index (χ1) is 8.83. The zero-order chi connectivity index (χ0) is 12.4. The van der Waals surface area contributed by atoms with Crippen molar-refractivity contribution in [1.29, 1.82) is 0 Å². The van der Waals surface area contributed by atoms with Crippen LogP contribution in [0.15, 0.2) is 35.3 Å². The molecule has 0 aliphatic carbocycles. The summed E-state index contributed by atoms with van der Waals surface area (Å²) in [6.45, 7) is 0.709. The van der Waals surface area contributed by atoms with Crippen LogP contribution < -0.4 is 5.32 Å². The van der Waals surface area contributed by atoms with E-state index in [4.69, 9.17) is 11.6 Å². The average molecular weight is 259 g/mol. The Morgan fingerprint density at radius 1 is 1.17 bits per heavy atom. The molecule has 18 heavy (non-hydrogen) atoms. The summed E-state index contributed by atoms with van der Waals surface area (Å²) >= 11 is 5.87. The number of fused-ring (bicyclic) bond motifs is 1. The Labute approximate surface area is 110 Å². The molecule has 1 aromatic carbocycles. The Balaban J connectivity index is 1.82. The van der Waals surface area contributed by atoms with Gasteiger partial charge in [-0.25, -0.2) is 9.98 Å². The van der Waals surface area contributed by atoms with Crippen molar-refractivity contribution >= 4 is 29.5 Å². The van der Waals surface area contributed by atoms with Crippen molar-refractivity contribution in [3.05, 3.63) is 46.7 Å². The Bertz CT molecular complexity index is 595. The number of nitrogens with one attached hydrogen (secondary N) is 1. The summed E-state index contributed by atoms with van der Waals surface area (Å²) in [6, 6.07) is 10.1. The van der Waals surface area contributed by atoms with Gasteiger partial charge in [0.05, 0.1) is 0 Å². The molecule has 0 unspecified atom stereocenters. The summed E-state index contributed by atoms with van der Waals surface area (Å²) in [6.07, 6.45) is 2.58. The largest absolute Gasteiger partial charge is 0.366 e. The van der Waals surface area contributed by atoms with Gasteiger partial charge in [0.25, 0.3) is 0 Å². The summed E-state index contributed by atoms with van der Waals surface area (Å²) < 4.78 is 0. The topological polar surface area (TPSA) is 50.2 Å². The van der Waals surface area contributed by atoms with E-state index in [1.165, 1.54) is 5.56 Å². The fourth-order valence-electron chi connectivity index (χ4n) is 1.89. The molecule has 3 rings (SSSR count). The van der Waals surface area contributed by atoms with Crippen molar-refractivity contribution in [2.24, 2.45) is 4.99 Å². The molecular formula is C13H11ClN4. The third-order valence-electron chi connectivity index (χ3n) is 2.77. The molecule has 1 aromatic heterocycles. The summed E-state index contributed by atoms with van der Waals surface area (Å²) in [5, 5.41) is 3.51. The molecule has 4 nitrogen and oxygen atoms in total. The minimum absolute atomic E-state index is 0.225. The highest BCUT2D eigenvalue weighted by Gasteiger charge is 2.15. The predicted octanol–water partition coefficient (Wildman–Crippen LogP) is 3.00. The van der Waals surface area contributed by atoms with Crippen LogP contribution in [0.2, 0.25) is 5.28 Å². The van der Waals surface area contributed by atoms with E-state index < -0.39 is 0 Å². The maximum absolute atomic E-state index is 5.87. The average Bonchev–Trinajstić information content (AvgIpc) is 2.85. The fraction of sp³-hybridized carbons (Fsp3) is 0.154. The third kappa shape index (κ3) is 2.19. The lowest BCUT2D eigenvalue weighted by Crippen LogP contribution is -2.05. The maximum atomic E-state index is 5.87. The van der Waals surface area contributed by atoms with Gasteiger partial charge >= 0.3 is 0 Å². The van der Waals surface area contributed by atoms with Crippen LogP contribution in [0.5, 0.6) is 0 Å². The van der Waals surface area contributed by atoms with E-state index in [9.17, 15) is 0 Å². The summed E-state index contributed by atoms with van der Waals surface area (Å²) in [7, 11) is 0. The molecule has 90 valence electrons. The van der Waals surface area contributed by atoms with Crippen molar-refractivity contribution in [3.63, 3.8) is 0 Å². The number of rotatable bonds is 3. The standard InChI is InChI=1S/C13H11ClN4/c14-13-17-11-10(6-7-15-11)12(18-13)16-8-9-4-2-1-3-5-9/h1-5,7H,6,8H2,(H,16,17,18). The molecular weight excluding hydrogens is 248 g/mol. The van der Waals surface area contributed by atoms with Gasteiger partial charge in [0.2, 0.25) is 5.28 Å². The Kier molecular flexibility index (Phi) is 2.94. The molecule has 1 N–H and O–H groups in total. The van der Waals surface area contributed by atoms with E-state index in [2.05, 4.69) is 32.4 Å². The normalized spacial score (nSPS) is 12.5. The molecule has 0 atom stereocenters. The van der Waals surface area contributed by atoms with Gasteiger partial charge in [-0.1, -0.05) is 30.3 Å². The van der Waals surface area contributed by atoms with E-state index in [1.807, 2.05) is 24.4 Å². The molecule has 1 aliphatic heterocycles. The van der Waals surface area contributed by atoms with E-state index in [0.29, 0.717) is 12.4 Å². The van der Waals surface area contributed by atoms with Gasteiger partial charge in [0, 0.05) is 24.7 Å². The van der Waals surface area contributed by atoms with Gasteiger partial charge in [-0.2, -0.15) is 4.98 Å². The van der Waals surface area contributed by atoms with Gasteiger partial charge in [-0.05, 0) is 17.2 Å². The predicted molar refractivity (Wildman–Crippen MR) is 72.7 cm³/mol. The summed E-state index contributed by atoms with van der Waals surface area (Å²) in [4.78, 5) is 12.5. The first-order valence-electron chi connectivity index (χ1n) is 5.69. The smallest absolute Gasteiger partial charge is 0.226 e. The number of hydrogen-bond acceptors (Lipinski definition) is 4. The third-order valence-corrected chi connectivity index (χ3v) is 2.94. The van der Waals surface area contributed by atoms with Crippen LogP contribution in [0.1, 0.15) is 11.1 Å². The van der Waals surface area contributed by atoms with Crippen LogP contribution in [0, 0.1) is 0 Å². The maximum Gasteiger partial charge on any atom is 0.226 e. The highest BCUT2D eigenvalue weighted by Crippen LogP contribution is 2.29. The van der Waals surface area contributed by atoms with E-state index in [0.717, 1.165) is 17.8 Å². The SMILES string of the molecule is Clc1nc2c(c(NCc3ccccc3)n1)CC=N2. The summed E-state index contributed by atoms with van der Waals surface area (Å²) in [5.41, 5.74) is 2.20. The van der Waals surface area contributed by atoms with Gasteiger partial charge < -0.3 is 5.32 Å². The highest BCUT2D eigenvalue weighted by molar-refractivity contribution is 6.28. The lowest BCUT2D eigenvalue weighted by atomic mass is 10.2. The summed E-state index contributed by atoms with van der Waals surface area (Å²) in [5.74, 6) is 1.44. The lowest BCUT2D eigenvalue weighted by Gasteiger charge is -2.09. The van der Waals surface area contributed by atoms with Gasteiger partial charge in [-0.15, -0.1) is 0 Å². The highest BCUT2D eigenvalue weighted by atomic mass is 35.5. The second-order valence-corrected chi connectivity index (χ2v) is 4.34. The molecule has 5 heteroatoms. The number of aliphatic imine (C=N–C) groups is 1. The molecule has 1 aliphatic rings. The Morgan fingerprint density at radius 3 is 2.83 bits per heavy atom. The number of hydrogen-bond donors (Lipinski definition) is 1. The minimum atomic E-state index is 0.225. The zero-order valence-corrected chi connectivity index (χ0v) is 10.4. The minimum Gasteiger partial charge on any atom is -0.366 e. The van der Waals surface area contributed by atoms with Gasteiger partial charge in [-0.3, -0.25) is 0 Å². The zero-order valence-electron chi connectivity index (χ0n) is 9.60. The molecule has 0 saturated heterocycles. The molecule has 2 heterocycles. The van der Waals surface area contributed by atoms with Crippen LogP contribution in [0.3, 0.4) is 0 Å². The van der Waals surface area contributed by atoms with Crippen molar-refractivity contribution < 1.29 is 0 Å². The van der Waals surface area contributed by atoms with E-state index in [1.54, 1.807) is 0 Å². The molecule has 0 bridgehead atoms. The van der Waals surface area contributed by atoms with Gasteiger partial charge in [0.1, 0.15) is 5.82 Å². The fourth-order valence-corrected chi connectivity index (χ4v) is 2.06. The van der Waals surface area contributed by atoms with E-state index in [-0.39, 0.29) is 5.28 Å². The van der Waals surface area contributed by atoms with Crippen LogP contribution in [0.4, 0.5) is 11.6 Å². The number of halogens is 1. The van der Waals surface area contributed by atoms with Crippen molar-refractivity contribution in [2.75, 3.05) is 5.32 Å². The number of aromatic nitrogens is 2. The van der Waals surface area contributed by atoms with Crippen molar-refractivity contribution in [1.82, 2.24) is 9.97 Å². The van der Waals surface area contributed by atoms with Crippen LogP contribution in [0.25, 0.3) is 0 Å². The van der Waals surface area contributed by atoms with E-state index >= 15 is 0 Å². The second-order valence-electron chi connectivity index (χ2n) is 4.00. The number of anilines is 1. The molecule has 0 radical (unpaired) electrons.